The third-order valence-electron chi connectivity index (χ3n) is 2.89. The fraction of sp³-hybridized carbons (Fsp3) is 0.900. The van der Waals surface area contributed by atoms with E-state index in [0.717, 1.165) is 32.0 Å². The lowest BCUT2D eigenvalue weighted by atomic mass is 10.1. The molecule has 0 aliphatic carbocycles. The summed E-state index contributed by atoms with van der Waals surface area (Å²) in [6.45, 7) is 6.26. The molecule has 1 unspecified atom stereocenters. The summed E-state index contributed by atoms with van der Waals surface area (Å²) in [5.41, 5.74) is 0. The number of tetrazole rings is 1. The van der Waals surface area contributed by atoms with Crippen LogP contribution in [-0.4, -0.2) is 50.8 Å². The molecule has 2 rings (SSSR count). The lowest BCUT2D eigenvalue weighted by Crippen LogP contribution is -2.50. The Morgan fingerprint density at radius 2 is 2.38 bits per heavy atom. The third-order valence-corrected chi connectivity index (χ3v) is 2.89. The van der Waals surface area contributed by atoms with E-state index < -0.39 is 0 Å². The first-order chi connectivity index (χ1) is 7.78. The van der Waals surface area contributed by atoms with Gasteiger partial charge in [0.1, 0.15) is 0 Å². The molecule has 0 radical (unpaired) electrons. The molecule has 2 heterocycles. The Kier molecular flexibility index (Phi) is 3.84. The number of piperazine rings is 1. The zero-order chi connectivity index (χ0) is 11.4. The SMILES string of the molecule is CCCC1CN(Cc2nnn(C)n2)CCN1. The van der Waals surface area contributed by atoms with Crippen molar-refractivity contribution in [3.05, 3.63) is 5.82 Å². The van der Waals surface area contributed by atoms with Crippen molar-refractivity contribution < 1.29 is 0 Å². The predicted octanol–water partition coefficient (Wildman–Crippen LogP) is -0.216. The van der Waals surface area contributed by atoms with Crippen molar-refractivity contribution in [1.82, 2.24) is 30.4 Å². The van der Waals surface area contributed by atoms with Crippen LogP contribution < -0.4 is 5.32 Å². The molecule has 1 N–H and O–H groups in total. The predicted molar refractivity (Wildman–Crippen MR) is 60.8 cm³/mol. The van der Waals surface area contributed by atoms with Crippen LogP contribution in [0.15, 0.2) is 0 Å². The molecule has 0 bridgehead atoms. The summed E-state index contributed by atoms with van der Waals surface area (Å²) >= 11 is 0. The highest BCUT2D eigenvalue weighted by molar-refractivity contribution is 4.83. The second-order valence-electron chi connectivity index (χ2n) is 4.37. The molecule has 0 amide bonds. The van der Waals surface area contributed by atoms with Gasteiger partial charge in [-0.05, 0) is 11.6 Å². The Bertz CT molecular complexity index is 321. The molecule has 1 saturated heterocycles. The van der Waals surface area contributed by atoms with Gasteiger partial charge in [-0.2, -0.15) is 4.80 Å². The minimum absolute atomic E-state index is 0.621. The van der Waals surface area contributed by atoms with Crippen LogP contribution in [0.25, 0.3) is 0 Å². The first kappa shape index (κ1) is 11.5. The first-order valence-electron chi connectivity index (χ1n) is 5.96. The summed E-state index contributed by atoms with van der Waals surface area (Å²) in [6.07, 6.45) is 2.47. The van der Waals surface area contributed by atoms with E-state index in [4.69, 9.17) is 0 Å². The van der Waals surface area contributed by atoms with Gasteiger partial charge < -0.3 is 5.32 Å². The average Bonchev–Trinajstić information content (AvgIpc) is 2.65. The number of rotatable bonds is 4. The molecule has 1 fully saturated rings. The van der Waals surface area contributed by atoms with E-state index in [-0.39, 0.29) is 0 Å². The third kappa shape index (κ3) is 2.99. The van der Waals surface area contributed by atoms with Gasteiger partial charge in [-0.25, -0.2) is 0 Å². The highest BCUT2D eigenvalue weighted by Crippen LogP contribution is 2.07. The van der Waals surface area contributed by atoms with Gasteiger partial charge in [0.15, 0.2) is 5.82 Å². The Balaban J connectivity index is 1.85. The van der Waals surface area contributed by atoms with E-state index in [2.05, 4.69) is 32.6 Å². The zero-order valence-electron chi connectivity index (χ0n) is 10.1. The molecule has 0 saturated carbocycles. The van der Waals surface area contributed by atoms with Crippen molar-refractivity contribution in [3.8, 4) is 0 Å². The number of nitrogens with one attached hydrogen (secondary N) is 1. The number of aryl methyl sites for hydroxylation is 1. The molecular formula is C10H20N6. The maximum absolute atomic E-state index is 4.21. The zero-order valence-corrected chi connectivity index (χ0v) is 10.1. The van der Waals surface area contributed by atoms with Crippen molar-refractivity contribution >= 4 is 0 Å². The largest absolute Gasteiger partial charge is 0.311 e. The van der Waals surface area contributed by atoms with Crippen molar-refractivity contribution in [2.24, 2.45) is 7.05 Å². The van der Waals surface area contributed by atoms with Crippen molar-refractivity contribution in [1.29, 1.82) is 0 Å². The Labute approximate surface area is 96.0 Å². The van der Waals surface area contributed by atoms with Gasteiger partial charge in [-0.3, -0.25) is 4.90 Å². The number of nitrogens with zero attached hydrogens (tertiary/aromatic N) is 5. The van der Waals surface area contributed by atoms with Crippen LogP contribution >= 0.6 is 0 Å². The Morgan fingerprint density at radius 1 is 1.50 bits per heavy atom. The lowest BCUT2D eigenvalue weighted by molar-refractivity contribution is 0.183. The number of aromatic nitrogens is 4. The highest BCUT2D eigenvalue weighted by Gasteiger charge is 2.19. The normalized spacial score (nSPS) is 22.5. The molecule has 6 nitrogen and oxygen atoms in total. The monoisotopic (exact) mass is 224 g/mol. The molecule has 16 heavy (non-hydrogen) atoms. The molecule has 1 aliphatic heterocycles. The molecular weight excluding hydrogens is 204 g/mol. The van der Waals surface area contributed by atoms with Gasteiger partial charge in [-0.15, -0.1) is 10.2 Å². The fourth-order valence-electron chi connectivity index (χ4n) is 2.17. The fourth-order valence-corrected chi connectivity index (χ4v) is 2.17. The summed E-state index contributed by atoms with van der Waals surface area (Å²) in [7, 11) is 1.80. The molecule has 1 aliphatic rings. The maximum atomic E-state index is 4.21. The second kappa shape index (κ2) is 5.36. The summed E-state index contributed by atoms with van der Waals surface area (Å²) in [6, 6.07) is 0.621. The minimum atomic E-state index is 0.621. The van der Waals surface area contributed by atoms with Crippen molar-refractivity contribution in [3.63, 3.8) is 0 Å². The van der Waals surface area contributed by atoms with E-state index in [1.165, 1.54) is 17.6 Å². The van der Waals surface area contributed by atoms with E-state index in [1.54, 1.807) is 7.05 Å². The van der Waals surface area contributed by atoms with E-state index >= 15 is 0 Å². The lowest BCUT2D eigenvalue weighted by Gasteiger charge is -2.32. The Hall–Kier alpha value is -1.01. The van der Waals surface area contributed by atoms with E-state index in [1.807, 2.05) is 0 Å². The number of hydrogen-bond donors (Lipinski definition) is 1. The molecule has 1 atom stereocenters. The quantitative estimate of drug-likeness (QED) is 0.766. The van der Waals surface area contributed by atoms with Gasteiger partial charge >= 0.3 is 0 Å². The minimum Gasteiger partial charge on any atom is -0.311 e. The standard InChI is InChI=1S/C10H20N6/c1-3-4-9-7-16(6-5-11-9)8-10-12-14-15(2)13-10/h9,11H,3-8H2,1-2H3. The molecule has 1 aromatic rings. The first-order valence-corrected chi connectivity index (χ1v) is 5.96. The summed E-state index contributed by atoms with van der Waals surface area (Å²) in [5, 5.41) is 15.6. The van der Waals surface area contributed by atoms with E-state index in [9.17, 15) is 0 Å². The molecule has 1 aromatic heterocycles. The van der Waals surface area contributed by atoms with Gasteiger partial charge in [-0.1, -0.05) is 13.3 Å². The molecule has 0 spiro atoms. The summed E-state index contributed by atoms with van der Waals surface area (Å²) in [4.78, 5) is 3.91. The topological polar surface area (TPSA) is 58.9 Å². The molecule has 0 aromatic carbocycles. The highest BCUT2D eigenvalue weighted by atomic mass is 15.6. The van der Waals surface area contributed by atoms with Crippen LogP contribution in [0.3, 0.4) is 0 Å². The summed E-state index contributed by atoms with van der Waals surface area (Å²) in [5.74, 6) is 0.819. The summed E-state index contributed by atoms with van der Waals surface area (Å²) < 4.78 is 0. The van der Waals surface area contributed by atoms with Crippen molar-refractivity contribution in [2.45, 2.75) is 32.4 Å². The van der Waals surface area contributed by atoms with Gasteiger partial charge in [0.25, 0.3) is 0 Å². The van der Waals surface area contributed by atoms with E-state index in [0.29, 0.717) is 6.04 Å². The average molecular weight is 224 g/mol. The van der Waals surface area contributed by atoms with Crippen LogP contribution in [0, 0.1) is 0 Å². The van der Waals surface area contributed by atoms with Crippen LogP contribution in [0.5, 0.6) is 0 Å². The molecule has 6 heteroatoms. The van der Waals surface area contributed by atoms with Crippen LogP contribution in [0.1, 0.15) is 25.6 Å². The van der Waals surface area contributed by atoms with Crippen LogP contribution in [0.2, 0.25) is 0 Å². The van der Waals surface area contributed by atoms with Gasteiger partial charge in [0.05, 0.1) is 13.6 Å². The van der Waals surface area contributed by atoms with Crippen molar-refractivity contribution in [2.75, 3.05) is 19.6 Å². The maximum Gasteiger partial charge on any atom is 0.188 e. The Morgan fingerprint density at radius 3 is 3.06 bits per heavy atom. The van der Waals surface area contributed by atoms with Crippen LogP contribution in [-0.2, 0) is 13.6 Å². The second-order valence-corrected chi connectivity index (χ2v) is 4.37. The smallest absolute Gasteiger partial charge is 0.188 e. The van der Waals surface area contributed by atoms with Gasteiger partial charge in [0.2, 0.25) is 0 Å². The van der Waals surface area contributed by atoms with Gasteiger partial charge in [0, 0.05) is 25.7 Å². The van der Waals surface area contributed by atoms with Crippen LogP contribution in [0.4, 0.5) is 0 Å². The molecule has 90 valence electrons. The number of hydrogen-bond acceptors (Lipinski definition) is 5.